The average Bonchev–Trinajstić information content (AvgIpc) is 3.43. The number of hydrogen-bond donors (Lipinski definition) is 4. The number of carbonyl (C=O) groups is 4. The summed E-state index contributed by atoms with van der Waals surface area (Å²) in [6.07, 6.45) is 85.0. The molecule has 0 aliphatic heterocycles. The first-order chi connectivity index (χ1) is 39.1. The van der Waals surface area contributed by atoms with Crippen LogP contribution in [0.1, 0.15) is 387 Å². The molecule has 0 radical (unpaired) electrons. The fraction of sp³-hybridized carbons (Fsp3) is 0.833. The molecule has 0 aliphatic rings. The number of allylic oxidation sites excluding steroid dienone is 8. The van der Waals surface area contributed by atoms with Crippen molar-refractivity contribution in [2.75, 3.05) is 0 Å². The van der Waals surface area contributed by atoms with Crippen molar-refractivity contribution in [1.82, 2.24) is 0 Å². The van der Waals surface area contributed by atoms with Crippen molar-refractivity contribution in [3.63, 3.8) is 0 Å². The van der Waals surface area contributed by atoms with Crippen molar-refractivity contribution in [3.8, 4) is 0 Å². The third-order valence-corrected chi connectivity index (χ3v) is 14.6. The smallest absolute Gasteiger partial charge is 0.303 e. The maximum Gasteiger partial charge on any atom is 0.303 e. The molecule has 0 heterocycles. The van der Waals surface area contributed by atoms with Gasteiger partial charge in [0.05, 0.1) is 0 Å². The first-order valence-electron chi connectivity index (χ1n) is 34.6. The minimum absolute atomic E-state index is 0. The summed E-state index contributed by atoms with van der Waals surface area (Å²) in [5.41, 5.74) is 0. The van der Waals surface area contributed by atoms with E-state index in [2.05, 4.69) is 76.3 Å². The molecular weight excluding hydrogens is 1090 g/mol. The SMILES string of the molecule is CCCCCC/C=C\CCCCCCCCCC(=O)O.CCCCCC/C=C\CCCCCCCCCC(=O)O.CCCCCC/C=C\CCCCCCCCCC(=O)O.CCCCCC/C=C\CCCCCCCCCC(=O)O.[Mo]. The summed E-state index contributed by atoms with van der Waals surface area (Å²) < 4.78 is 0. The van der Waals surface area contributed by atoms with Crippen molar-refractivity contribution in [1.29, 1.82) is 0 Å². The molecule has 0 rings (SSSR count). The van der Waals surface area contributed by atoms with Gasteiger partial charge in [0.25, 0.3) is 0 Å². The zero-order chi connectivity index (χ0) is 59.6. The van der Waals surface area contributed by atoms with Crippen molar-refractivity contribution < 1.29 is 60.7 Å². The van der Waals surface area contributed by atoms with Crippen LogP contribution in [-0.4, -0.2) is 44.3 Å². The Bertz CT molecular complexity index is 1140. The van der Waals surface area contributed by atoms with Crippen LogP contribution in [0.4, 0.5) is 0 Å². The van der Waals surface area contributed by atoms with E-state index in [4.69, 9.17) is 20.4 Å². The minimum atomic E-state index is -0.661. The maximum atomic E-state index is 10.3. The van der Waals surface area contributed by atoms with E-state index < -0.39 is 23.9 Å². The fourth-order valence-corrected chi connectivity index (χ4v) is 9.39. The second-order valence-electron chi connectivity index (χ2n) is 22.9. The molecule has 0 saturated carbocycles. The van der Waals surface area contributed by atoms with Crippen LogP contribution in [0.25, 0.3) is 0 Å². The van der Waals surface area contributed by atoms with Crippen LogP contribution in [0.3, 0.4) is 0 Å². The van der Waals surface area contributed by atoms with Crippen molar-refractivity contribution in [2.24, 2.45) is 0 Å². The largest absolute Gasteiger partial charge is 0.481 e. The summed E-state index contributed by atoms with van der Waals surface area (Å²) in [7, 11) is 0. The minimum Gasteiger partial charge on any atom is -0.481 e. The topological polar surface area (TPSA) is 149 Å². The van der Waals surface area contributed by atoms with Crippen molar-refractivity contribution in [2.45, 2.75) is 387 Å². The molecule has 478 valence electrons. The Balaban J connectivity index is -0.000000316. The normalized spacial score (nSPS) is 11.1. The van der Waals surface area contributed by atoms with Gasteiger partial charge in [-0.1, -0.05) is 282 Å². The molecule has 0 spiro atoms. The van der Waals surface area contributed by atoms with Crippen LogP contribution in [0.2, 0.25) is 0 Å². The average molecular weight is 1230 g/mol. The standard InChI is InChI=1S/4C18H34O2.Mo/c4*1-2-3-4-5-6-7-8-9-10-11-12-13-14-15-16-17-18(19)20;/h4*7-8H,2-6,9-17H2,1H3,(H,19,20);/b4*8-7-;. The van der Waals surface area contributed by atoms with E-state index >= 15 is 0 Å². The Hall–Kier alpha value is -2.47. The third kappa shape index (κ3) is 103. The number of rotatable bonds is 60. The summed E-state index contributed by atoms with van der Waals surface area (Å²) in [6, 6.07) is 0. The van der Waals surface area contributed by atoms with Crippen LogP contribution in [0, 0.1) is 0 Å². The van der Waals surface area contributed by atoms with Gasteiger partial charge in [-0.05, 0) is 128 Å². The van der Waals surface area contributed by atoms with E-state index in [0.29, 0.717) is 25.7 Å². The molecule has 9 heteroatoms. The summed E-state index contributed by atoms with van der Waals surface area (Å²) in [5, 5.41) is 34.0. The van der Waals surface area contributed by atoms with Gasteiger partial charge in [0.2, 0.25) is 0 Å². The van der Waals surface area contributed by atoms with Crippen LogP contribution < -0.4 is 0 Å². The van der Waals surface area contributed by atoms with Crippen LogP contribution in [0.15, 0.2) is 48.6 Å². The zero-order valence-electron chi connectivity index (χ0n) is 54.0. The molecule has 0 fully saturated rings. The quantitative estimate of drug-likeness (QED) is 0.0267. The van der Waals surface area contributed by atoms with E-state index in [9.17, 15) is 19.2 Å². The third-order valence-electron chi connectivity index (χ3n) is 14.6. The van der Waals surface area contributed by atoms with Gasteiger partial charge >= 0.3 is 23.9 Å². The van der Waals surface area contributed by atoms with Gasteiger partial charge in [0.15, 0.2) is 0 Å². The molecule has 0 unspecified atom stereocenters. The van der Waals surface area contributed by atoms with Gasteiger partial charge in [-0.25, -0.2) is 0 Å². The Labute approximate surface area is 517 Å². The molecule has 0 saturated heterocycles. The van der Waals surface area contributed by atoms with Gasteiger partial charge in [-0.3, -0.25) is 19.2 Å². The maximum absolute atomic E-state index is 10.3. The van der Waals surface area contributed by atoms with E-state index in [1.54, 1.807) is 0 Å². The van der Waals surface area contributed by atoms with E-state index in [-0.39, 0.29) is 21.1 Å². The first kappa shape index (κ1) is 87.3. The second kappa shape index (κ2) is 84.0. The molecule has 0 amide bonds. The predicted molar refractivity (Wildman–Crippen MR) is 348 cm³/mol. The number of hydrogen-bond acceptors (Lipinski definition) is 4. The van der Waals surface area contributed by atoms with Crippen LogP contribution in [-0.2, 0) is 40.2 Å². The van der Waals surface area contributed by atoms with Crippen LogP contribution in [0.5, 0.6) is 0 Å². The monoisotopic (exact) mass is 1230 g/mol. The summed E-state index contributed by atoms with van der Waals surface area (Å²) in [4.78, 5) is 41.3. The van der Waals surface area contributed by atoms with E-state index in [1.807, 2.05) is 0 Å². The molecule has 81 heavy (non-hydrogen) atoms. The fourth-order valence-electron chi connectivity index (χ4n) is 9.39. The van der Waals surface area contributed by atoms with E-state index in [1.165, 1.54) is 283 Å². The Morgan fingerprint density at radius 2 is 0.309 bits per heavy atom. The molecule has 0 aromatic carbocycles. The van der Waals surface area contributed by atoms with Gasteiger partial charge in [0, 0.05) is 46.7 Å². The molecule has 0 aliphatic carbocycles. The predicted octanol–water partition coefficient (Wildman–Crippen LogP) is 24.4. The first-order valence-corrected chi connectivity index (χ1v) is 34.6. The van der Waals surface area contributed by atoms with E-state index in [0.717, 1.165) is 51.4 Å². The number of carboxylic acids is 4. The summed E-state index contributed by atoms with van der Waals surface area (Å²) >= 11 is 0. The van der Waals surface area contributed by atoms with Gasteiger partial charge in [0.1, 0.15) is 0 Å². The molecule has 0 aromatic rings. The van der Waals surface area contributed by atoms with Gasteiger partial charge < -0.3 is 20.4 Å². The number of unbranched alkanes of at least 4 members (excludes halogenated alkanes) is 44. The van der Waals surface area contributed by atoms with Crippen molar-refractivity contribution in [3.05, 3.63) is 48.6 Å². The van der Waals surface area contributed by atoms with Gasteiger partial charge in [-0.2, -0.15) is 0 Å². The molecule has 0 atom stereocenters. The molecule has 8 nitrogen and oxygen atoms in total. The van der Waals surface area contributed by atoms with Crippen molar-refractivity contribution >= 4 is 23.9 Å². The Morgan fingerprint density at radius 3 is 0.432 bits per heavy atom. The number of carboxylic acid groups (broad SMARTS) is 4. The summed E-state index contributed by atoms with van der Waals surface area (Å²) in [5.74, 6) is -2.64. The zero-order valence-corrected chi connectivity index (χ0v) is 56.1. The summed E-state index contributed by atoms with van der Waals surface area (Å²) in [6.45, 7) is 9.01. The van der Waals surface area contributed by atoms with Crippen LogP contribution >= 0.6 is 0 Å². The molecule has 4 N–H and O–H groups in total. The Morgan fingerprint density at radius 1 is 0.198 bits per heavy atom. The van der Waals surface area contributed by atoms with Gasteiger partial charge in [-0.15, -0.1) is 0 Å². The second-order valence-corrected chi connectivity index (χ2v) is 22.9. The number of aliphatic carboxylic acids is 4. The molecule has 0 bridgehead atoms. The molecule has 0 aromatic heterocycles. The molecular formula is C72H136MoO8. The Kier molecular flexibility index (Phi) is 90.5.